The molecule has 0 aliphatic rings. The molecule has 0 radical (unpaired) electrons. The summed E-state index contributed by atoms with van der Waals surface area (Å²) >= 11 is 0. The maximum absolute atomic E-state index is 12.9. The molecule has 11 heteroatoms. The SMILES string of the molecule is CN(/N=C/c1ccccc1)c1c([N+](=O)[O-])cc(C(F)(F)F)cc1[N+](=O)[O-]. The molecule has 136 valence electrons. The number of nitrogens with zero attached hydrogens (tertiary/aromatic N) is 4. The Morgan fingerprint density at radius 3 is 1.96 bits per heavy atom. The zero-order valence-electron chi connectivity index (χ0n) is 13.2. The fourth-order valence-corrected chi connectivity index (χ4v) is 2.13. The van der Waals surface area contributed by atoms with Crippen LogP contribution in [0.4, 0.5) is 30.2 Å². The zero-order valence-corrected chi connectivity index (χ0v) is 13.2. The lowest BCUT2D eigenvalue weighted by atomic mass is 10.1. The minimum absolute atomic E-state index is 0.247. The molecule has 0 atom stereocenters. The molecule has 0 spiro atoms. The number of halogens is 3. The lowest BCUT2D eigenvalue weighted by Gasteiger charge is -2.15. The van der Waals surface area contributed by atoms with E-state index < -0.39 is 38.6 Å². The lowest BCUT2D eigenvalue weighted by molar-refractivity contribution is -0.393. The molecule has 0 aliphatic carbocycles. The first-order chi connectivity index (χ1) is 12.1. The number of alkyl halides is 3. The molecule has 2 rings (SSSR count). The van der Waals surface area contributed by atoms with E-state index in [2.05, 4.69) is 5.10 Å². The number of hydrogen-bond acceptors (Lipinski definition) is 6. The van der Waals surface area contributed by atoms with Crippen LogP contribution in [-0.2, 0) is 6.18 Å². The van der Waals surface area contributed by atoms with E-state index in [4.69, 9.17) is 0 Å². The molecular formula is C15H11F3N4O4. The van der Waals surface area contributed by atoms with Gasteiger partial charge < -0.3 is 0 Å². The van der Waals surface area contributed by atoms with E-state index in [9.17, 15) is 33.4 Å². The molecule has 8 nitrogen and oxygen atoms in total. The maximum Gasteiger partial charge on any atom is 0.416 e. The Balaban J connectivity index is 2.60. The second-order valence-electron chi connectivity index (χ2n) is 5.05. The quantitative estimate of drug-likeness (QED) is 0.451. The van der Waals surface area contributed by atoms with Gasteiger partial charge in [0.2, 0.25) is 5.69 Å². The smallest absolute Gasteiger partial charge is 0.258 e. The molecule has 2 aromatic carbocycles. The molecule has 0 aliphatic heterocycles. The lowest BCUT2D eigenvalue weighted by Crippen LogP contribution is -2.15. The van der Waals surface area contributed by atoms with E-state index in [1.54, 1.807) is 30.3 Å². The maximum atomic E-state index is 12.9. The molecule has 0 fully saturated rings. The number of rotatable bonds is 5. The molecule has 26 heavy (non-hydrogen) atoms. The molecule has 0 N–H and O–H groups in total. The van der Waals surface area contributed by atoms with Gasteiger partial charge in [0.05, 0.1) is 21.6 Å². The fraction of sp³-hybridized carbons (Fsp3) is 0.133. The van der Waals surface area contributed by atoms with Gasteiger partial charge in [0.25, 0.3) is 0 Å². The molecular weight excluding hydrogens is 357 g/mol. The van der Waals surface area contributed by atoms with Crippen LogP contribution in [0.15, 0.2) is 47.6 Å². The van der Waals surface area contributed by atoms with Crippen LogP contribution >= 0.6 is 0 Å². The number of anilines is 1. The Kier molecular flexibility index (Phi) is 5.19. The molecule has 0 heterocycles. The van der Waals surface area contributed by atoms with Gasteiger partial charge in [-0.3, -0.25) is 25.2 Å². The molecule has 0 bridgehead atoms. The molecule has 0 saturated heterocycles. The molecule has 2 aromatic rings. The van der Waals surface area contributed by atoms with E-state index in [0.717, 1.165) is 5.01 Å². The minimum Gasteiger partial charge on any atom is -0.258 e. The summed E-state index contributed by atoms with van der Waals surface area (Å²) in [5.41, 5.74) is -3.68. The second kappa shape index (κ2) is 7.17. The summed E-state index contributed by atoms with van der Waals surface area (Å²) in [5.74, 6) is 0. The third kappa shape index (κ3) is 4.12. The topological polar surface area (TPSA) is 102 Å². The number of hydrazone groups is 1. The van der Waals surface area contributed by atoms with Crippen molar-refractivity contribution in [3.63, 3.8) is 0 Å². The Hall–Kier alpha value is -3.50. The largest absolute Gasteiger partial charge is 0.416 e. The summed E-state index contributed by atoms with van der Waals surface area (Å²) in [7, 11) is 1.17. The van der Waals surface area contributed by atoms with Gasteiger partial charge in [0.1, 0.15) is 0 Å². The second-order valence-corrected chi connectivity index (χ2v) is 5.05. The number of nitro groups is 2. The molecule has 0 amide bonds. The Bertz CT molecular complexity index is 834. The summed E-state index contributed by atoms with van der Waals surface area (Å²) in [6.45, 7) is 0. The summed E-state index contributed by atoms with van der Waals surface area (Å²) in [6, 6.07) is 8.95. The van der Waals surface area contributed by atoms with Gasteiger partial charge in [0, 0.05) is 19.2 Å². The highest BCUT2D eigenvalue weighted by Gasteiger charge is 2.38. The van der Waals surface area contributed by atoms with E-state index in [1.165, 1.54) is 13.3 Å². The van der Waals surface area contributed by atoms with Crippen LogP contribution in [0.2, 0.25) is 0 Å². The average molecular weight is 368 g/mol. The van der Waals surface area contributed by atoms with Gasteiger partial charge >= 0.3 is 17.6 Å². The monoisotopic (exact) mass is 368 g/mol. The Labute approximate surface area is 144 Å². The van der Waals surface area contributed by atoms with Gasteiger partial charge in [0.15, 0.2) is 0 Å². The van der Waals surface area contributed by atoms with Crippen LogP contribution < -0.4 is 5.01 Å². The van der Waals surface area contributed by atoms with Crippen molar-refractivity contribution in [2.24, 2.45) is 5.10 Å². The van der Waals surface area contributed by atoms with Crippen molar-refractivity contribution in [3.8, 4) is 0 Å². The molecule has 0 aromatic heterocycles. The fourth-order valence-electron chi connectivity index (χ4n) is 2.13. The van der Waals surface area contributed by atoms with Gasteiger partial charge in [-0.1, -0.05) is 30.3 Å². The highest BCUT2D eigenvalue weighted by atomic mass is 19.4. The predicted molar refractivity (Wildman–Crippen MR) is 87.2 cm³/mol. The normalized spacial score (nSPS) is 11.5. The summed E-state index contributed by atoms with van der Waals surface area (Å²) in [6.07, 6.45) is -3.70. The van der Waals surface area contributed by atoms with E-state index >= 15 is 0 Å². The van der Waals surface area contributed by atoms with Crippen molar-refractivity contribution in [2.45, 2.75) is 6.18 Å². The summed E-state index contributed by atoms with van der Waals surface area (Å²) in [4.78, 5) is 20.1. The van der Waals surface area contributed by atoms with Crippen LogP contribution in [0.1, 0.15) is 11.1 Å². The van der Waals surface area contributed by atoms with Gasteiger partial charge in [-0.2, -0.15) is 18.3 Å². The van der Waals surface area contributed by atoms with Crippen LogP contribution in [0, 0.1) is 20.2 Å². The van der Waals surface area contributed by atoms with Gasteiger partial charge in [-0.15, -0.1) is 0 Å². The molecule has 0 saturated carbocycles. The van der Waals surface area contributed by atoms with Crippen molar-refractivity contribution >= 4 is 23.3 Å². The van der Waals surface area contributed by atoms with Crippen molar-refractivity contribution in [1.29, 1.82) is 0 Å². The number of hydrogen-bond donors (Lipinski definition) is 0. The van der Waals surface area contributed by atoms with E-state index in [-0.39, 0.29) is 12.1 Å². The highest BCUT2D eigenvalue weighted by Crippen LogP contribution is 2.42. The Morgan fingerprint density at radius 2 is 1.54 bits per heavy atom. The first-order valence-electron chi connectivity index (χ1n) is 6.98. The summed E-state index contributed by atoms with van der Waals surface area (Å²) < 4.78 is 38.7. The van der Waals surface area contributed by atoms with E-state index in [1.807, 2.05) is 0 Å². The number of nitro benzene ring substituents is 2. The molecule has 0 unspecified atom stereocenters. The average Bonchev–Trinajstić information content (AvgIpc) is 2.58. The van der Waals surface area contributed by atoms with Crippen LogP contribution in [0.3, 0.4) is 0 Å². The van der Waals surface area contributed by atoms with Crippen LogP contribution in [0.5, 0.6) is 0 Å². The predicted octanol–water partition coefficient (Wildman–Crippen LogP) is 3.99. The van der Waals surface area contributed by atoms with Crippen molar-refractivity contribution in [2.75, 3.05) is 12.1 Å². The first-order valence-corrected chi connectivity index (χ1v) is 6.98. The van der Waals surface area contributed by atoms with Gasteiger partial charge in [-0.25, -0.2) is 0 Å². The first kappa shape index (κ1) is 18.8. The van der Waals surface area contributed by atoms with Crippen LogP contribution in [0.25, 0.3) is 0 Å². The summed E-state index contributed by atoms with van der Waals surface area (Å²) in [5, 5.41) is 27.0. The Morgan fingerprint density at radius 1 is 1.04 bits per heavy atom. The van der Waals surface area contributed by atoms with Crippen molar-refractivity contribution in [1.82, 2.24) is 0 Å². The van der Waals surface area contributed by atoms with Gasteiger partial charge in [-0.05, 0) is 5.56 Å². The highest BCUT2D eigenvalue weighted by molar-refractivity contribution is 5.82. The van der Waals surface area contributed by atoms with Crippen molar-refractivity contribution in [3.05, 3.63) is 73.8 Å². The third-order valence-electron chi connectivity index (χ3n) is 3.29. The standard InChI is InChI=1S/C15H11F3N4O4/c1-20(19-9-10-5-3-2-4-6-10)14-12(21(23)24)7-11(15(16,17)18)8-13(14)22(25)26/h2-9H,1H3/b19-9+. The zero-order chi connectivity index (χ0) is 19.5. The number of benzene rings is 2. The van der Waals surface area contributed by atoms with Crippen molar-refractivity contribution < 1.29 is 23.0 Å². The minimum atomic E-state index is -4.97. The van der Waals surface area contributed by atoms with Crippen LogP contribution in [-0.4, -0.2) is 23.1 Å². The third-order valence-corrected chi connectivity index (χ3v) is 3.29. The van der Waals surface area contributed by atoms with E-state index in [0.29, 0.717) is 5.56 Å².